The average molecular weight is 326 g/mol. The number of allylic oxidation sites excluding steroid dienone is 2. The van der Waals surface area contributed by atoms with E-state index < -0.39 is 7.87 Å². The summed E-state index contributed by atoms with van der Waals surface area (Å²) in [6.07, 6.45) is 14.0. The first kappa shape index (κ1) is 16.9. The van der Waals surface area contributed by atoms with Crippen LogP contribution in [0.15, 0.2) is 12.2 Å². The van der Waals surface area contributed by atoms with E-state index in [0.717, 1.165) is 6.04 Å². The maximum atomic E-state index is 2.87. The first-order chi connectivity index (χ1) is 10.7. The predicted molar refractivity (Wildman–Crippen MR) is 98.2 cm³/mol. The zero-order chi connectivity index (χ0) is 15.6. The van der Waals surface area contributed by atoms with Crippen molar-refractivity contribution in [2.24, 2.45) is 0 Å². The van der Waals surface area contributed by atoms with E-state index in [9.17, 15) is 0 Å². The molecule has 0 amide bonds. The van der Waals surface area contributed by atoms with Crippen molar-refractivity contribution in [1.29, 1.82) is 0 Å². The van der Waals surface area contributed by atoms with Gasteiger partial charge in [0.15, 0.2) is 0 Å². The summed E-state index contributed by atoms with van der Waals surface area (Å²) in [4.78, 5) is 0. The van der Waals surface area contributed by atoms with Crippen LogP contribution in [0.3, 0.4) is 0 Å². The van der Waals surface area contributed by atoms with Crippen LogP contribution >= 0.6 is 7.87 Å². The van der Waals surface area contributed by atoms with Crippen LogP contribution in [0.2, 0.25) is 0 Å². The molecule has 128 valence electrons. The molecule has 2 aliphatic heterocycles. The van der Waals surface area contributed by atoms with Gasteiger partial charge in [0, 0.05) is 0 Å². The maximum absolute atomic E-state index is 2.87. The van der Waals surface area contributed by atoms with Crippen LogP contribution in [0.1, 0.15) is 44.9 Å². The Morgan fingerprint density at radius 3 is 2.18 bits per heavy atom. The molecule has 4 nitrogen and oxygen atoms in total. The third kappa shape index (κ3) is 2.89. The Bertz CT molecular complexity index is 384. The molecule has 3 aliphatic rings. The van der Waals surface area contributed by atoms with Crippen molar-refractivity contribution >= 4 is 7.87 Å². The summed E-state index contributed by atoms with van der Waals surface area (Å²) in [7, 11) is 5.39. The van der Waals surface area contributed by atoms with Gasteiger partial charge < -0.3 is 0 Å². The standard InChI is InChI=1S/C17H35N4P/c1-18-13-9-15-21-16-10-14-19(2)22(18,21)20(3)17-11-7-5-4-6-8-12-17/h4-5,17,22H,6-16H2,1-3H3/b5-4-. The fourth-order valence-electron chi connectivity index (χ4n) is 5.02. The minimum absolute atomic E-state index is 0.750. The van der Waals surface area contributed by atoms with E-state index in [4.69, 9.17) is 0 Å². The van der Waals surface area contributed by atoms with Crippen molar-refractivity contribution in [3.63, 3.8) is 0 Å². The van der Waals surface area contributed by atoms with Gasteiger partial charge in [-0.05, 0) is 0 Å². The van der Waals surface area contributed by atoms with Crippen LogP contribution in [-0.4, -0.2) is 72.0 Å². The summed E-state index contributed by atoms with van der Waals surface area (Å²) in [5, 5.41) is 0. The number of fused-ring (bicyclic) bond motifs is 1. The van der Waals surface area contributed by atoms with E-state index in [2.05, 4.69) is 52.0 Å². The average Bonchev–Trinajstić information content (AvgIpc) is 2.47. The third-order valence-electron chi connectivity index (χ3n) is 6.05. The molecule has 1 unspecified atom stereocenters. The first-order valence-corrected chi connectivity index (χ1v) is 11.0. The van der Waals surface area contributed by atoms with Crippen molar-refractivity contribution in [1.82, 2.24) is 18.7 Å². The quantitative estimate of drug-likeness (QED) is 0.571. The topological polar surface area (TPSA) is 13.0 Å². The number of nitrogens with zero attached hydrogens (tertiary/aromatic N) is 4. The van der Waals surface area contributed by atoms with E-state index in [1.807, 2.05) is 0 Å². The Morgan fingerprint density at radius 2 is 1.50 bits per heavy atom. The molecule has 0 N–H and O–H groups in total. The molecule has 1 aliphatic carbocycles. The molecule has 0 spiro atoms. The fourth-order valence-corrected chi connectivity index (χ4v) is 10.7. The Balaban J connectivity index is 1.87. The van der Waals surface area contributed by atoms with Gasteiger partial charge >= 0.3 is 137 Å². The predicted octanol–water partition coefficient (Wildman–Crippen LogP) is 3.19. The molecule has 0 saturated carbocycles. The molecule has 3 rings (SSSR count). The Labute approximate surface area is 137 Å². The summed E-state index contributed by atoms with van der Waals surface area (Å²) in [6.45, 7) is 5.14. The van der Waals surface area contributed by atoms with Gasteiger partial charge in [0.1, 0.15) is 0 Å². The van der Waals surface area contributed by atoms with Crippen LogP contribution in [-0.2, 0) is 0 Å². The van der Waals surface area contributed by atoms with Crippen molar-refractivity contribution in [2.45, 2.75) is 51.0 Å². The molecule has 0 aromatic heterocycles. The van der Waals surface area contributed by atoms with Crippen LogP contribution < -0.4 is 0 Å². The Kier molecular flexibility index (Phi) is 5.57. The normalized spacial score (nSPS) is 34.6. The molecule has 0 radical (unpaired) electrons. The minimum atomic E-state index is -1.83. The van der Waals surface area contributed by atoms with Crippen LogP contribution in [0.4, 0.5) is 0 Å². The monoisotopic (exact) mass is 326 g/mol. The van der Waals surface area contributed by atoms with Crippen molar-refractivity contribution in [3.05, 3.63) is 12.2 Å². The van der Waals surface area contributed by atoms with Gasteiger partial charge in [-0.3, -0.25) is 0 Å². The van der Waals surface area contributed by atoms with Gasteiger partial charge in [-0.2, -0.15) is 0 Å². The van der Waals surface area contributed by atoms with Crippen molar-refractivity contribution < 1.29 is 0 Å². The van der Waals surface area contributed by atoms with Crippen LogP contribution in [0, 0.1) is 0 Å². The summed E-state index contributed by atoms with van der Waals surface area (Å²) < 4.78 is 11.2. The summed E-state index contributed by atoms with van der Waals surface area (Å²) in [6, 6.07) is 0.750. The van der Waals surface area contributed by atoms with Crippen LogP contribution in [0.5, 0.6) is 0 Å². The zero-order valence-electron chi connectivity index (χ0n) is 14.8. The zero-order valence-corrected chi connectivity index (χ0v) is 15.8. The number of hydrogen-bond acceptors (Lipinski definition) is 4. The van der Waals surface area contributed by atoms with Gasteiger partial charge in [0.2, 0.25) is 0 Å². The SMILES string of the molecule is CN1CCCN2CCCN(C)[PH]12N(C)C1CC/C=C\CCC1. The van der Waals surface area contributed by atoms with E-state index in [-0.39, 0.29) is 0 Å². The van der Waals surface area contributed by atoms with E-state index in [0.29, 0.717) is 0 Å². The summed E-state index contributed by atoms with van der Waals surface area (Å²) >= 11 is 0. The Hall–Kier alpha value is 0.0100. The number of hydrogen-bond donors (Lipinski definition) is 0. The fraction of sp³-hybridized carbons (Fsp3) is 0.882. The molecule has 5 heteroatoms. The third-order valence-corrected chi connectivity index (χ3v) is 11.2. The van der Waals surface area contributed by atoms with Gasteiger partial charge in [0.25, 0.3) is 0 Å². The molecule has 1 atom stereocenters. The van der Waals surface area contributed by atoms with Crippen LogP contribution in [0.25, 0.3) is 0 Å². The second kappa shape index (κ2) is 7.27. The Morgan fingerprint density at radius 1 is 0.864 bits per heavy atom. The van der Waals surface area contributed by atoms with E-state index >= 15 is 0 Å². The molecular formula is C17H35N4P. The molecule has 0 bridgehead atoms. The van der Waals surface area contributed by atoms with E-state index in [1.54, 1.807) is 0 Å². The van der Waals surface area contributed by atoms with Crippen molar-refractivity contribution in [3.8, 4) is 0 Å². The van der Waals surface area contributed by atoms with E-state index in [1.165, 1.54) is 71.1 Å². The summed E-state index contributed by atoms with van der Waals surface area (Å²) in [5.74, 6) is 0. The first-order valence-electron chi connectivity index (χ1n) is 9.23. The molecule has 0 aromatic rings. The molecule has 22 heavy (non-hydrogen) atoms. The van der Waals surface area contributed by atoms with Gasteiger partial charge in [0.05, 0.1) is 0 Å². The molecule has 2 fully saturated rings. The molecule has 2 saturated heterocycles. The second-order valence-electron chi connectivity index (χ2n) is 7.38. The molecule has 0 aromatic carbocycles. The molecule has 2 heterocycles. The second-order valence-corrected chi connectivity index (χ2v) is 11.4. The van der Waals surface area contributed by atoms with Crippen molar-refractivity contribution in [2.75, 3.05) is 47.3 Å². The van der Waals surface area contributed by atoms with Gasteiger partial charge in [-0.1, -0.05) is 0 Å². The van der Waals surface area contributed by atoms with Gasteiger partial charge in [-0.25, -0.2) is 0 Å². The number of rotatable bonds is 2. The van der Waals surface area contributed by atoms with Gasteiger partial charge in [-0.15, -0.1) is 0 Å². The molecular weight excluding hydrogens is 291 g/mol. The summed E-state index contributed by atoms with van der Waals surface area (Å²) in [5.41, 5.74) is 0.